The Morgan fingerprint density at radius 2 is 1.80 bits per heavy atom. The first-order valence-corrected chi connectivity index (χ1v) is 7.19. The van der Waals surface area contributed by atoms with Gasteiger partial charge in [0.2, 0.25) is 0 Å². The number of rotatable bonds is 2. The number of piperidine rings is 1. The highest BCUT2D eigenvalue weighted by Crippen LogP contribution is 2.31. The third-order valence-electron chi connectivity index (χ3n) is 4.17. The van der Waals surface area contributed by atoms with E-state index in [1.165, 1.54) is 23.4 Å². The van der Waals surface area contributed by atoms with Crippen LogP contribution in [0.25, 0.3) is 5.69 Å². The maximum Gasteiger partial charge on any atom is 0.123 e. The van der Waals surface area contributed by atoms with Crippen molar-refractivity contribution in [3.63, 3.8) is 0 Å². The average molecular weight is 273 g/mol. The number of halogens is 1. The SMILES string of the molecule is Cc1nn(-c2ccc(F)cc2)c(C)c1C1CCNCC1. The largest absolute Gasteiger partial charge is 0.317 e. The molecule has 20 heavy (non-hydrogen) atoms. The smallest absolute Gasteiger partial charge is 0.123 e. The van der Waals surface area contributed by atoms with Crippen molar-refractivity contribution in [1.29, 1.82) is 0 Å². The number of benzene rings is 1. The zero-order valence-corrected chi connectivity index (χ0v) is 12.0. The van der Waals surface area contributed by atoms with Crippen molar-refractivity contribution in [2.45, 2.75) is 32.6 Å². The molecule has 106 valence electrons. The molecule has 1 aromatic carbocycles. The quantitative estimate of drug-likeness (QED) is 0.911. The molecule has 0 bridgehead atoms. The minimum atomic E-state index is -0.214. The van der Waals surface area contributed by atoms with Crippen molar-refractivity contribution in [3.8, 4) is 5.69 Å². The molecule has 1 fully saturated rings. The predicted molar refractivity (Wildman–Crippen MR) is 77.8 cm³/mol. The van der Waals surface area contributed by atoms with Crippen LogP contribution in [0.3, 0.4) is 0 Å². The van der Waals surface area contributed by atoms with Gasteiger partial charge in [-0.2, -0.15) is 5.10 Å². The zero-order chi connectivity index (χ0) is 14.1. The summed E-state index contributed by atoms with van der Waals surface area (Å²) in [7, 11) is 0. The molecule has 1 aliphatic heterocycles. The van der Waals surface area contributed by atoms with E-state index in [1.807, 2.05) is 4.68 Å². The molecule has 4 heteroatoms. The minimum Gasteiger partial charge on any atom is -0.317 e. The minimum absolute atomic E-state index is 0.214. The second kappa shape index (κ2) is 5.37. The third-order valence-corrected chi connectivity index (χ3v) is 4.17. The summed E-state index contributed by atoms with van der Waals surface area (Å²) in [5.74, 6) is 0.374. The highest BCUT2D eigenvalue weighted by Gasteiger charge is 2.23. The van der Waals surface area contributed by atoms with Crippen molar-refractivity contribution >= 4 is 0 Å². The molecule has 2 heterocycles. The summed E-state index contributed by atoms with van der Waals surface area (Å²) in [5.41, 5.74) is 4.57. The predicted octanol–water partition coefficient (Wildman–Crippen LogP) is 3.10. The summed E-state index contributed by atoms with van der Waals surface area (Å²) in [6.07, 6.45) is 2.33. The van der Waals surface area contributed by atoms with E-state index in [4.69, 9.17) is 0 Å². The first-order chi connectivity index (χ1) is 9.66. The van der Waals surface area contributed by atoms with Gasteiger partial charge in [-0.05, 0) is 75.5 Å². The van der Waals surface area contributed by atoms with Crippen LogP contribution in [0, 0.1) is 19.7 Å². The van der Waals surface area contributed by atoms with Crippen LogP contribution < -0.4 is 5.32 Å². The Morgan fingerprint density at radius 3 is 2.45 bits per heavy atom. The molecule has 0 saturated carbocycles. The number of aromatic nitrogens is 2. The molecule has 0 radical (unpaired) electrons. The Balaban J connectivity index is 1.99. The van der Waals surface area contributed by atoms with E-state index in [9.17, 15) is 4.39 Å². The Kier molecular flexibility index (Phi) is 3.57. The van der Waals surface area contributed by atoms with Crippen LogP contribution in [0.15, 0.2) is 24.3 Å². The maximum atomic E-state index is 13.0. The Hall–Kier alpha value is -1.68. The fourth-order valence-corrected chi connectivity index (χ4v) is 3.19. The normalized spacial score (nSPS) is 16.6. The summed E-state index contributed by atoms with van der Waals surface area (Å²) in [4.78, 5) is 0. The van der Waals surface area contributed by atoms with Crippen molar-refractivity contribution in [3.05, 3.63) is 47.0 Å². The lowest BCUT2D eigenvalue weighted by atomic mass is 9.89. The van der Waals surface area contributed by atoms with Crippen molar-refractivity contribution < 1.29 is 4.39 Å². The second-order valence-corrected chi connectivity index (χ2v) is 5.50. The average Bonchev–Trinajstić information content (AvgIpc) is 2.76. The number of nitrogens with zero attached hydrogens (tertiary/aromatic N) is 2. The van der Waals surface area contributed by atoms with E-state index in [2.05, 4.69) is 24.3 Å². The molecule has 3 rings (SSSR count). The summed E-state index contributed by atoms with van der Waals surface area (Å²) in [6, 6.07) is 6.52. The van der Waals surface area contributed by atoms with Crippen LogP contribution in [0.5, 0.6) is 0 Å². The Morgan fingerprint density at radius 1 is 1.15 bits per heavy atom. The van der Waals surface area contributed by atoms with Crippen LogP contribution >= 0.6 is 0 Å². The van der Waals surface area contributed by atoms with E-state index in [-0.39, 0.29) is 5.82 Å². The van der Waals surface area contributed by atoms with Crippen LogP contribution in [0.1, 0.15) is 35.7 Å². The third kappa shape index (κ3) is 2.36. The Bertz CT molecular complexity index is 595. The van der Waals surface area contributed by atoms with Crippen LogP contribution in [-0.2, 0) is 0 Å². The van der Waals surface area contributed by atoms with Gasteiger partial charge >= 0.3 is 0 Å². The molecular formula is C16H20FN3. The fraction of sp³-hybridized carbons (Fsp3) is 0.438. The molecule has 2 aromatic rings. The van der Waals surface area contributed by atoms with Crippen LogP contribution in [-0.4, -0.2) is 22.9 Å². The molecule has 1 N–H and O–H groups in total. The molecule has 0 aliphatic carbocycles. The first-order valence-electron chi connectivity index (χ1n) is 7.19. The highest BCUT2D eigenvalue weighted by atomic mass is 19.1. The van der Waals surface area contributed by atoms with Gasteiger partial charge in [-0.1, -0.05) is 0 Å². The van der Waals surface area contributed by atoms with Gasteiger partial charge in [0.15, 0.2) is 0 Å². The van der Waals surface area contributed by atoms with Crippen LogP contribution in [0.2, 0.25) is 0 Å². The van der Waals surface area contributed by atoms with Gasteiger partial charge in [-0.3, -0.25) is 0 Å². The molecule has 1 aliphatic rings. The van der Waals surface area contributed by atoms with Gasteiger partial charge in [-0.15, -0.1) is 0 Å². The van der Waals surface area contributed by atoms with Gasteiger partial charge in [0.1, 0.15) is 5.82 Å². The molecule has 0 spiro atoms. The number of hydrogen-bond acceptors (Lipinski definition) is 2. The number of hydrogen-bond donors (Lipinski definition) is 1. The summed E-state index contributed by atoms with van der Waals surface area (Å²) in [5, 5.41) is 8.06. The van der Waals surface area contributed by atoms with Gasteiger partial charge in [0.05, 0.1) is 11.4 Å². The number of aryl methyl sites for hydroxylation is 1. The standard InChI is InChI=1S/C16H20FN3/c1-11-16(13-7-9-18-10-8-13)12(2)20(19-11)15-5-3-14(17)4-6-15/h3-6,13,18H,7-10H2,1-2H3. The summed E-state index contributed by atoms with van der Waals surface area (Å²) in [6.45, 7) is 6.33. The van der Waals surface area contributed by atoms with E-state index in [0.717, 1.165) is 37.3 Å². The van der Waals surface area contributed by atoms with Gasteiger partial charge in [0, 0.05) is 5.69 Å². The number of nitrogens with one attached hydrogen (secondary N) is 1. The van der Waals surface area contributed by atoms with Crippen LogP contribution in [0.4, 0.5) is 4.39 Å². The van der Waals surface area contributed by atoms with Crippen molar-refractivity contribution in [2.75, 3.05) is 13.1 Å². The van der Waals surface area contributed by atoms with E-state index in [1.54, 1.807) is 12.1 Å². The lowest BCUT2D eigenvalue weighted by Gasteiger charge is -2.23. The highest BCUT2D eigenvalue weighted by molar-refractivity contribution is 5.38. The zero-order valence-electron chi connectivity index (χ0n) is 12.0. The second-order valence-electron chi connectivity index (χ2n) is 5.50. The van der Waals surface area contributed by atoms with Gasteiger partial charge in [0.25, 0.3) is 0 Å². The lowest BCUT2D eigenvalue weighted by Crippen LogP contribution is -2.27. The van der Waals surface area contributed by atoms with E-state index < -0.39 is 0 Å². The molecular weight excluding hydrogens is 253 g/mol. The molecule has 3 nitrogen and oxygen atoms in total. The van der Waals surface area contributed by atoms with Crippen molar-refractivity contribution in [1.82, 2.24) is 15.1 Å². The first kappa shape index (κ1) is 13.3. The molecule has 0 unspecified atom stereocenters. The summed E-state index contributed by atoms with van der Waals surface area (Å²) < 4.78 is 15.0. The fourth-order valence-electron chi connectivity index (χ4n) is 3.19. The van der Waals surface area contributed by atoms with E-state index >= 15 is 0 Å². The van der Waals surface area contributed by atoms with Gasteiger partial charge < -0.3 is 5.32 Å². The molecule has 1 aromatic heterocycles. The van der Waals surface area contributed by atoms with Gasteiger partial charge in [-0.25, -0.2) is 9.07 Å². The molecule has 0 amide bonds. The lowest BCUT2D eigenvalue weighted by molar-refractivity contribution is 0.458. The summed E-state index contributed by atoms with van der Waals surface area (Å²) >= 11 is 0. The Labute approximate surface area is 118 Å². The molecule has 1 saturated heterocycles. The topological polar surface area (TPSA) is 29.9 Å². The monoisotopic (exact) mass is 273 g/mol. The molecule has 0 atom stereocenters. The van der Waals surface area contributed by atoms with E-state index in [0.29, 0.717) is 5.92 Å². The van der Waals surface area contributed by atoms with Crippen molar-refractivity contribution in [2.24, 2.45) is 0 Å². The maximum absolute atomic E-state index is 13.0.